The Hall–Kier alpha value is -6.91. The summed E-state index contributed by atoms with van der Waals surface area (Å²) in [5.41, 5.74) is 11.4. The van der Waals surface area contributed by atoms with Gasteiger partial charge in [-0.3, -0.25) is 0 Å². The first kappa shape index (κ1) is 28.0. The van der Waals surface area contributed by atoms with Crippen molar-refractivity contribution in [1.29, 1.82) is 0 Å². The molecule has 0 atom stereocenters. The largest absolute Gasteiger partial charge is 0.309 e. The maximum absolute atomic E-state index is 5.10. The molecule has 8 aromatic carbocycles. The Labute approximate surface area is 294 Å². The van der Waals surface area contributed by atoms with Crippen LogP contribution in [0, 0.1) is 0 Å². The van der Waals surface area contributed by atoms with Crippen molar-refractivity contribution >= 4 is 43.4 Å². The van der Waals surface area contributed by atoms with Crippen molar-refractivity contribution in [2.75, 3.05) is 0 Å². The number of hydrogen-bond donors (Lipinski definition) is 0. The van der Waals surface area contributed by atoms with Crippen LogP contribution < -0.4 is 0 Å². The molecule has 1 aliphatic rings. The van der Waals surface area contributed by atoms with Gasteiger partial charge in [0, 0.05) is 33.0 Å². The van der Waals surface area contributed by atoms with E-state index in [1.165, 1.54) is 65.9 Å². The van der Waals surface area contributed by atoms with E-state index in [1.54, 1.807) is 0 Å². The summed E-state index contributed by atoms with van der Waals surface area (Å²) in [7, 11) is 0. The number of para-hydroxylation sites is 1. The summed E-state index contributed by atoms with van der Waals surface area (Å²) in [5.74, 6) is 1.98. The second kappa shape index (κ2) is 10.8. The van der Waals surface area contributed by atoms with Gasteiger partial charge >= 0.3 is 0 Å². The monoisotopic (exact) mass is 648 g/mol. The average Bonchev–Trinajstić information content (AvgIpc) is 3.71. The van der Waals surface area contributed by atoms with Crippen LogP contribution in [0.1, 0.15) is 0 Å². The minimum absolute atomic E-state index is 0.659. The average molecular weight is 649 g/mol. The molecular weight excluding hydrogens is 621 g/mol. The molecule has 1 aliphatic carbocycles. The lowest BCUT2D eigenvalue weighted by molar-refractivity contribution is 1.08. The number of fused-ring (bicyclic) bond motifs is 7. The van der Waals surface area contributed by atoms with E-state index in [9.17, 15) is 0 Å². The fourth-order valence-corrected chi connectivity index (χ4v) is 8.11. The zero-order valence-corrected chi connectivity index (χ0v) is 27.5. The molecule has 0 amide bonds. The molecule has 0 N–H and O–H groups in total. The van der Waals surface area contributed by atoms with Gasteiger partial charge in [0.2, 0.25) is 0 Å². The van der Waals surface area contributed by atoms with E-state index >= 15 is 0 Å². The summed E-state index contributed by atoms with van der Waals surface area (Å²) in [6, 6.07) is 60.3. The summed E-state index contributed by atoms with van der Waals surface area (Å²) in [4.78, 5) is 15.1. The third-order valence-corrected chi connectivity index (χ3v) is 10.4. The quantitative estimate of drug-likeness (QED) is 0.191. The van der Waals surface area contributed by atoms with Gasteiger partial charge in [0.05, 0.1) is 16.7 Å². The Morgan fingerprint density at radius 3 is 1.71 bits per heavy atom. The molecule has 2 heterocycles. The van der Waals surface area contributed by atoms with Crippen molar-refractivity contribution in [2.24, 2.45) is 0 Å². The predicted octanol–water partition coefficient (Wildman–Crippen LogP) is 11.9. The molecule has 0 spiro atoms. The van der Waals surface area contributed by atoms with Crippen LogP contribution in [0.5, 0.6) is 0 Å². The topological polar surface area (TPSA) is 43.6 Å². The molecule has 0 unspecified atom stereocenters. The van der Waals surface area contributed by atoms with E-state index in [2.05, 4.69) is 138 Å². The molecule has 0 saturated carbocycles. The Kier molecular flexibility index (Phi) is 5.92. The number of aromatic nitrogens is 4. The number of hydrogen-bond acceptors (Lipinski definition) is 3. The second-order valence-electron chi connectivity index (χ2n) is 13.2. The van der Waals surface area contributed by atoms with Crippen LogP contribution in [-0.2, 0) is 0 Å². The van der Waals surface area contributed by atoms with Crippen molar-refractivity contribution in [3.05, 3.63) is 170 Å². The SMILES string of the molecule is c1ccc(-c2nc(-c3ccccc3)nc(-c3ccc4c5c(cccc35)-c3c-4cccc3-n3c4ccccc4c4cc5ccccc5cc43)n2)cc1. The van der Waals surface area contributed by atoms with E-state index in [-0.39, 0.29) is 0 Å². The molecule has 0 radical (unpaired) electrons. The van der Waals surface area contributed by atoms with Gasteiger partial charge in [0.25, 0.3) is 0 Å². The van der Waals surface area contributed by atoms with E-state index in [0.717, 1.165) is 22.1 Å². The molecule has 0 aliphatic heterocycles. The van der Waals surface area contributed by atoms with Crippen molar-refractivity contribution in [3.63, 3.8) is 0 Å². The predicted molar refractivity (Wildman–Crippen MR) is 210 cm³/mol. The van der Waals surface area contributed by atoms with Gasteiger partial charge in [-0.25, -0.2) is 15.0 Å². The Morgan fingerprint density at radius 1 is 0.353 bits per heavy atom. The minimum atomic E-state index is 0.659. The van der Waals surface area contributed by atoms with Gasteiger partial charge in [0.1, 0.15) is 0 Å². The number of benzene rings is 8. The molecule has 2 aromatic heterocycles. The fraction of sp³-hybridized carbons (Fsp3) is 0. The van der Waals surface area contributed by atoms with Gasteiger partial charge in [-0.2, -0.15) is 0 Å². The first-order valence-electron chi connectivity index (χ1n) is 17.3. The van der Waals surface area contributed by atoms with E-state index in [4.69, 9.17) is 15.0 Å². The van der Waals surface area contributed by atoms with Gasteiger partial charge in [0.15, 0.2) is 17.5 Å². The first-order chi connectivity index (χ1) is 25.3. The fourth-order valence-electron chi connectivity index (χ4n) is 8.11. The zero-order chi connectivity index (χ0) is 33.5. The smallest absolute Gasteiger partial charge is 0.164 e. The highest BCUT2D eigenvalue weighted by Gasteiger charge is 2.28. The lowest BCUT2D eigenvalue weighted by Crippen LogP contribution is -2.00. The third kappa shape index (κ3) is 4.17. The second-order valence-corrected chi connectivity index (χ2v) is 13.2. The normalized spacial score (nSPS) is 11.9. The summed E-state index contributed by atoms with van der Waals surface area (Å²) in [5, 5.41) is 7.36. The molecule has 4 nitrogen and oxygen atoms in total. The maximum Gasteiger partial charge on any atom is 0.164 e. The van der Waals surface area contributed by atoms with Crippen LogP contribution in [0.4, 0.5) is 0 Å². The summed E-state index contributed by atoms with van der Waals surface area (Å²) in [6.07, 6.45) is 0. The molecule has 10 aromatic rings. The van der Waals surface area contributed by atoms with Crippen molar-refractivity contribution < 1.29 is 0 Å². The lowest BCUT2D eigenvalue weighted by Gasteiger charge is -2.14. The Morgan fingerprint density at radius 2 is 0.941 bits per heavy atom. The molecule has 0 bridgehead atoms. The molecule has 11 rings (SSSR count). The van der Waals surface area contributed by atoms with E-state index in [0.29, 0.717) is 17.5 Å². The zero-order valence-electron chi connectivity index (χ0n) is 27.5. The van der Waals surface area contributed by atoms with Crippen LogP contribution in [0.25, 0.3) is 105 Å². The highest BCUT2D eigenvalue weighted by Crippen LogP contribution is 2.52. The summed E-state index contributed by atoms with van der Waals surface area (Å²) >= 11 is 0. The van der Waals surface area contributed by atoms with Crippen LogP contribution in [0.3, 0.4) is 0 Å². The maximum atomic E-state index is 5.10. The van der Waals surface area contributed by atoms with Gasteiger partial charge < -0.3 is 4.57 Å². The third-order valence-electron chi connectivity index (χ3n) is 10.4. The minimum Gasteiger partial charge on any atom is -0.309 e. The highest BCUT2D eigenvalue weighted by molar-refractivity contribution is 6.21. The highest BCUT2D eigenvalue weighted by atomic mass is 15.0. The van der Waals surface area contributed by atoms with Gasteiger partial charge in [-0.15, -0.1) is 0 Å². The lowest BCUT2D eigenvalue weighted by atomic mass is 9.98. The van der Waals surface area contributed by atoms with Gasteiger partial charge in [-0.05, 0) is 68.6 Å². The van der Waals surface area contributed by atoms with Crippen LogP contribution in [-0.4, -0.2) is 19.5 Å². The molecule has 0 fully saturated rings. The molecule has 236 valence electrons. The van der Waals surface area contributed by atoms with Crippen molar-refractivity contribution in [2.45, 2.75) is 0 Å². The first-order valence-corrected chi connectivity index (χ1v) is 17.3. The van der Waals surface area contributed by atoms with Crippen LogP contribution in [0.15, 0.2) is 170 Å². The van der Waals surface area contributed by atoms with Crippen LogP contribution >= 0.6 is 0 Å². The number of nitrogens with zero attached hydrogens (tertiary/aromatic N) is 4. The Balaban J connectivity index is 1.16. The summed E-state index contributed by atoms with van der Waals surface area (Å²) in [6.45, 7) is 0. The van der Waals surface area contributed by atoms with Crippen LogP contribution in [0.2, 0.25) is 0 Å². The van der Waals surface area contributed by atoms with E-state index < -0.39 is 0 Å². The van der Waals surface area contributed by atoms with Crippen molar-refractivity contribution in [1.82, 2.24) is 19.5 Å². The van der Waals surface area contributed by atoms with Crippen molar-refractivity contribution in [3.8, 4) is 62.1 Å². The van der Waals surface area contributed by atoms with E-state index in [1.807, 2.05) is 36.4 Å². The Bertz CT molecular complexity index is 2960. The summed E-state index contributed by atoms with van der Waals surface area (Å²) < 4.78 is 2.46. The molecule has 51 heavy (non-hydrogen) atoms. The molecular formula is C47H28N4. The molecule has 0 saturated heterocycles. The van der Waals surface area contributed by atoms with Gasteiger partial charge in [-0.1, -0.05) is 140 Å². The standard InChI is InChI=1S/C47H28N4/c1-3-13-29(14-4-1)45-48-46(30-15-5-2-6-16-30)50-47(49-45)37-26-25-36-34-21-12-24-41(44(34)38-22-11-20-35(37)43(36)38)51-40-23-10-9-19-33(40)39-27-31-17-7-8-18-32(31)28-42(39)51/h1-28H. The molecule has 4 heteroatoms. The number of rotatable bonds is 4.